The van der Waals surface area contributed by atoms with E-state index in [9.17, 15) is 0 Å². The topological polar surface area (TPSA) is 148 Å². The monoisotopic (exact) mass is 262 g/mol. The molecule has 48 valence electrons. The van der Waals surface area contributed by atoms with Crippen molar-refractivity contribution in [2.45, 2.75) is 0 Å². The molecule has 9 heteroatoms. The zero-order valence-corrected chi connectivity index (χ0v) is 8.97. The predicted molar refractivity (Wildman–Crippen MR) is 9.87 cm³/mol. The van der Waals surface area contributed by atoms with Crippen LogP contribution >= 0.6 is 0 Å². The second-order valence-corrected chi connectivity index (χ2v) is 0.250. The molecule has 0 aromatic heterocycles. The van der Waals surface area contributed by atoms with E-state index in [1.54, 1.807) is 0 Å². The van der Waals surface area contributed by atoms with Crippen molar-refractivity contribution in [3.8, 4) is 0 Å². The van der Waals surface area contributed by atoms with Gasteiger partial charge in [0.05, 0.1) is 0 Å². The van der Waals surface area contributed by atoms with Gasteiger partial charge >= 0.3 is 57.2 Å². The average molecular weight is 263 g/mol. The first-order chi connectivity index (χ1) is 1.41. The maximum absolute atomic E-state index is 8.40. The fourth-order valence-corrected chi connectivity index (χ4v) is 0. The molecule has 0 unspecified atom stereocenters. The Morgan fingerprint density at radius 1 is 0.778 bits per heavy atom. The minimum absolute atomic E-state index is 0. The van der Waals surface area contributed by atoms with Crippen LogP contribution in [0.25, 0.3) is 0 Å². The molecule has 9 heavy (non-hydrogen) atoms. The van der Waals surface area contributed by atoms with E-state index in [2.05, 4.69) is 0 Å². The second-order valence-electron chi connectivity index (χ2n) is 0.0833. The molecule has 0 saturated heterocycles. The van der Waals surface area contributed by atoms with E-state index in [-0.39, 0.29) is 69.8 Å². The molecule has 0 fully saturated rings. The smallest absolute Gasteiger partial charge is 2.00 e. The van der Waals surface area contributed by atoms with E-state index in [1.165, 1.54) is 0 Å². The molecule has 0 aromatic carbocycles. The van der Waals surface area contributed by atoms with Gasteiger partial charge in [-0.05, 0) is 0 Å². The summed E-state index contributed by atoms with van der Waals surface area (Å²) < 4.78 is 16.8. The molecule has 0 aliphatic carbocycles. The van der Waals surface area contributed by atoms with Crippen LogP contribution in [0, 0.1) is 0 Å². The normalized spacial score (nSPS) is 0.889. The van der Waals surface area contributed by atoms with Crippen LogP contribution in [0.2, 0.25) is 0 Å². The molecule has 0 aliphatic heterocycles. The van der Waals surface area contributed by atoms with Crippen LogP contribution in [0.4, 0.5) is 0 Å². The second kappa shape index (κ2) is 124. The summed E-state index contributed by atoms with van der Waals surface area (Å²) in [6, 6.07) is 0. The predicted octanol–water partition coefficient (Wildman–Crippen LogP) is -1.10. The van der Waals surface area contributed by atoms with E-state index in [1.807, 2.05) is 0 Å². The Kier molecular flexibility index (Phi) is 1140. The van der Waals surface area contributed by atoms with Crippen molar-refractivity contribution in [2.24, 2.45) is 0 Å². The third-order valence-electron chi connectivity index (χ3n) is 0. The third-order valence-corrected chi connectivity index (χ3v) is 0. The standard InChI is InChI=1S/O2Si.4O.Ti.Zr/c1-3-2;;;;;;/q;4*-2;2*+4. The van der Waals surface area contributed by atoms with Gasteiger partial charge in [-0.1, -0.05) is 0 Å². The zero-order chi connectivity index (χ0) is 2.71. The fourth-order valence-electron chi connectivity index (χ4n) is 0. The molecule has 0 aliphatic rings. The molecular formula is O6SiTiZr. The first-order valence-electron chi connectivity index (χ1n) is 0.408. The van der Waals surface area contributed by atoms with Crippen LogP contribution in [0.1, 0.15) is 0 Å². The van der Waals surface area contributed by atoms with Gasteiger partial charge in [0.25, 0.3) is 0 Å². The fraction of sp³-hybridized carbons (Fsp3) is 0. The van der Waals surface area contributed by atoms with Crippen LogP contribution in [0.5, 0.6) is 0 Å². The maximum atomic E-state index is 8.40. The molecule has 0 rings (SSSR count). The molecule has 0 amide bonds. The first-order valence-corrected chi connectivity index (χ1v) is 1.22. The molecule has 0 heterocycles. The Labute approximate surface area is 87.6 Å². The van der Waals surface area contributed by atoms with Gasteiger partial charge < -0.3 is 21.9 Å². The third kappa shape index (κ3) is 310. The molecule has 0 saturated carbocycles. The summed E-state index contributed by atoms with van der Waals surface area (Å²) in [5, 5.41) is 0. The molecule has 0 bridgehead atoms. The van der Waals surface area contributed by atoms with Crippen molar-refractivity contribution < 1.29 is 78.7 Å². The van der Waals surface area contributed by atoms with Gasteiger partial charge in [-0.15, -0.1) is 0 Å². The van der Waals surface area contributed by atoms with E-state index < -0.39 is 9.29 Å². The molecule has 0 atom stereocenters. The summed E-state index contributed by atoms with van der Waals surface area (Å²) in [5.74, 6) is 0. The quantitative estimate of drug-likeness (QED) is 0.510. The minimum atomic E-state index is -1.42. The van der Waals surface area contributed by atoms with E-state index in [4.69, 9.17) is 8.92 Å². The van der Waals surface area contributed by atoms with Crippen molar-refractivity contribution in [3.05, 3.63) is 0 Å². The summed E-state index contributed by atoms with van der Waals surface area (Å²) in [4.78, 5) is 0. The molecule has 6 nitrogen and oxygen atoms in total. The number of hydrogen-bond acceptors (Lipinski definition) is 2. The van der Waals surface area contributed by atoms with Crippen LogP contribution in [0.3, 0.4) is 0 Å². The summed E-state index contributed by atoms with van der Waals surface area (Å²) in [7, 11) is -1.42. The van der Waals surface area contributed by atoms with Gasteiger partial charge in [0.2, 0.25) is 0 Å². The van der Waals surface area contributed by atoms with Crippen molar-refractivity contribution in [3.63, 3.8) is 0 Å². The molecule has 0 spiro atoms. The first kappa shape index (κ1) is 82.9. The van der Waals surface area contributed by atoms with Crippen molar-refractivity contribution in [2.75, 3.05) is 0 Å². The van der Waals surface area contributed by atoms with Crippen LogP contribution in [-0.2, 0) is 78.7 Å². The van der Waals surface area contributed by atoms with Gasteiger partial charge in [-0.25, -0.2) is 0 Å². The van der Waals surface area contributed by atoms with Gasteiger partial charge in [0.15, 0.2) is 0 Å². The van der Waals surface area contributed by atoms with Gasteiger partial charge in [-0.3, -0.25) is 8.92 Å². The Morgan fingerprint density at radius 3 is 0.778 bits per heavy atom. The van der Waals surface area contributed by atoms with Crippen LogP contribution in [-0.4, -0.2) is 9.29 Å². The Hall–Kier alpha value is 1.25. The number of rotatable bonds is 0. The van der Waals surface area contributed by atoms with E-state index in [0.717, 1.165) is 0 Å². The average Bonchev–Trinajstić information content (AvgIpc) is 0.918. The SMILES string of the molecule is O=[Si]=O.[O-2].[O-2].[O-2].[O-2].[Ti+4].[Zr+4]. The molecular weight excluding hydrogens is 263 g/mol. The summed E-state index contributed by atoms with van der Waals surface area (Å²) in [6.45, 7) is 0. The Balaban J connectivity index is -0.00000000133. The van der Waals surface area contributed by atoms with E-state index in [0.29, 0.717) is 0 Å². The zero-order valence-electron chi connectivity index (χ0n) is 3.95. The van der Waals surface area contributed by atoms with Crippen LogP contribution in [0.15, 0.2) is 0 Å². The van der Waals surface area contributed by atoms with Gasteiger partial charge in [-0.2, -0.15) is 0 Å². The largest absolute Gasteiger partial charge is 4.00 e. The summed E-state index contributed by atoms with van der Waals surface area (Å²) >= 11 is 0. The number of hydrogen-bond donors (Lipinski definition) is 0. The van der Waals surface area contributed by atoms with Crippen molar-refractivity contribution >= 4 is 9.29 Å². The van der Waals surface area contributed by atoms with Gasteiger partial charge in [0, 0.05) is 0 Å². The summed E-state index contributed by atoms with van der Waals surface area (Å²) in [5.41, 5.74) is 0. The van der Waals surface area contributed by atoms with Crippen molar-refractivity contribution in [1.82, 2.24) is 0 Å². The van der Waals surface area contributed by atoms with Crippen molar-refractivity contribution in [1.29, 1.82) is 0 Å². The maximum Gasteiger partial charge on any atom is 4.00 e. The Morgan fingerprint density at radius 2 is 0.778 bits per heavy atom. The summed E-state index contributed by atoms with van der Waals surface area (Å²) in [6.07, 6.45) is 0. The molecule has 0 radical (unpaired) electrons. The molecule has 0 aromatic rings. The molecule has 0 N–H and O–H groups in total. The Bertz CT molecular complexity index is 34.0. The van der Waals surface area contributed by atoms with Crippen LogP contribution < -0.4 is 0 Å². The van der Waals surface area contributed by atoms with Gasteiger partial charge in [0.1, 0.15) is 0 Å². The van der Waals surface area contributed by atoms with E-state index >= 15 is 0 Å². The minimum Gasteiger partial charge on any atom is -2.00 e.